The number of nitrogens with zero attached hydrogens (tertiary/aromatic N) is 1. The van der Waals surface area contributed by atoms with Crippen molar-refractivity contribution in [2.45, 2.75) is 13.3 Å². The molecule has 0 heterocycles. The molecule has 0 radical (unpaired) electrons. The number of aryl methyl sites for hydroxylation is 1. The summed E-state index contributed by atoms with van der Waals surface area (Å²) in [7, 11) is 0. The highest BCUT2D eigenvalue weighted by molar-refractivity contribution is 6.31. The van der Waals surface area contributed by atoms with Gasteiger partial charge in [0.15, 0.2) is 6.61 Å². The van der Waals surface area contributed by atoms with Crippen LogP contribution in [0.4, 0.5) is 5.69 Å². The van der Waals surface area contributed by atoms with Crippen LogP contribution in [0.3, 0.4) is 0 Å². The highest BCUT2D eigenvalue weighted by atomic mass is 35.5. The molecular formula is C17H16ClN3O5. The molecule has 0 bridgehead atoms. The molecule has 0 spiro atoms. The first kappa shape index (κ1) is 19.2. The average Bonchev–Trinajstić information content (AvgIpc) is 2.64. The highest BCUT2D eigenvalue weighted by Crippen LogP contribution is 2.22. The number of ether oxygens (including phenoxy) is 1. The first-order chi connectivity index (χ1) is 12.4. The third kappa shape index (κ3) is 5.18. The lowest BCUT2D eigenvalue weighted by molar-refractivity contribution is -0.385. The third-order valence-electron chi connectivity index (χ3n) is 3.42. The van der Waals surface area contributed by atoms with E-state index in [1.54, 1.807) is 12.1 Å². The molecule has 0 atom stereocenters. The minimum Gasteiger partial charge on any atom is -0.484 e. The first-order valence-corrected chi connectivity index (χ1v) is 8.03. The SMILES string of the molecule is CCc1ccc(OCC(=O)NNC(=O)c2ccc(Cl)cc2[N+](=O)[O-])cc1. The maximum Gasteiger partial charge on any atom is 0.283 e. The summed E-state index contributed by atoms with van der Waals surface area (Å²) < 4.78 is 5.29. The van der Waals surface area contributed by atoms with Crippen LogP contribution in [0.5, 0.6) is 5.75 Å². The number of hydrazine groups is 1. The summed E-state index contributed by atoms with van der Waals surface area (Å²) in [6.07, 6.45) is 0.892. The van der Waals surface area contributed by atoms with Gasteiger partial charge in [-0.3, -0.25) is 30.6 Å². The first-order valence-electron chi connectivity index (χ1n) is 7.65. The van der Waals surface area contributed by atoms with E-state index in [1.165, 1.54) is 12.1 Å². The van der Waals surface area contributed by atoms with Crippen LogP contribution in [0.15, 0.2) is 42.5 Å². The number of rotatable bonds is 6. The summed E-state index contributed by atoms with van der Waals surface area (Å²) in [5.41, 5.74) is 4.69. The van der Waals surface area contributed by atoms with E-state index in [9.17, 15) is 19.7 Å². The number of nitro groups is 1. The topological polar surface area (TPSA) is 111 Å². The Hall–Kier alpha value is -3.13. The zero-order chi connectivity index (χ0) is 19.1. The molecule has 2 N–H and O–H groups in total. The summed E-state index contributed by atoms with van der Waals surface area (Å²) in [6.45, 7) is 1.70. The largest absolute Gasteiger partial charge is 0.484 e. The van der Waals surface area contributed by atoms with Crippen LogP contribution in [-0.4, -0.2) is 23.3 Å². The summed E-state index contributed by atoms with van der Waals surface area (Å²) in [5, 5.41) is 11.1. The van der Waals surface area contributed by atoms with Gasteiger partial charge in [-0.15, -0.1) is 0 Å². The quantitative estimate of drug-likeness (QED) is 0.594. The Labute approximate surface area is 154 Å². The fourth-order valence-electron chi connectivity index (χ4n) is 2.05. The fraction of sp³-hybridized carbons (Fsp3) is 0.176. The normalized spacial score (nSPS) is 10.1. The molecular weight excluding hydrogens is 362 g/mol. The molecule has 2 rings (SSSR count). The van der Waals surface area contributed by atoms with Crippen molar-refractivity contribution in [3.63, 3.8) is 0 Å². The number of nitro benzene ring substituents is 1. The number of halogens is 1. The number of carbonyl (C=O) groups excluding carboxylic acids is 2. The molecule has 9 heteroatoms. The summed E-state index contributed by atoms with van der Waals surface area (Å²) in [5.74, 6) is -0.944. The van der Waals surface area contributed by atoms with Gasteiger partial charge in [-0.2, -0.15) is 0 Å². The molecule has 0 aliphatic carbocycles. The molecule has 0 fully saturated rings. The van der Waals surface area contributed by atoms with Crippen LogP contribution in [0, 0.1) is 10.1 Å². The second-order valence-electron chi connectivity index (χ2n) is 5.21. The van der Waals surface area contributed by atoms with Crippen LogP contribution in [0.25, 0.3) is 0 Å². The van der Waals surface area contributed by atoms with Gasteiger partial charge >= 0.3 is 0 Å². The van der Waals surface area contributed by atoms with Crippen molar-refractivity contribution >= 4 is 29.1 Å². The van der Waals surface area contributed by atoms with Crippen LogP contribution in [0.1, 0.15) is 22.8 Å². The number of amides is 2. The van der Waals surface area contributed by atoms with E-state index in [-0.39, 0.29) is 17.2 Å². The summed E-state index contributed by atoms with van der Waals surface area (Å²) in [4.78, 5) is 34.0. The molecule has 2 amide bonds. The molecule has 0 aliphatic heterocycles. The predicted octanol–water partition coefficient (Wildman–Crippen LogP) is 2.65. The molecule has 0 saturated carbocycles. The Morgan fingerprint density at radius 1 is 1.15 bits per heavy atom. The van der Waals surface area contributed by atoms with Gasteiger partial charge in [-0.25, -0.2) is 0 Å². The van der Waals surface area contributed by atoms with E-state index in [1.807, 2.05) is 19.1 Å². The summed E-state index contributed by atoms with van der Waals surface area (Å²) in [6, 6.07) is 10.8. The van der Waals surface area contributed by atoms with Crippen molar-refractivity contribution in [2.24, 2.45) is 0 Å². The Bertz CT molecular complexity index is 824. The Morgan fingerprint density at radius 3 is 2.46 bits per heavy atom. The zero-order valence-corrected chi connectivity index (χ0v) is 14.6. The number of nitrogens with one attached hydrogen (secondary N) is 2. The standard InChI is InChI=1S/C17H16ClN3O5/c1-2-11-3-6-13(7-4-11)26-10-16(22)19-20-17(23)14-8-5-12(18)9-15(14)21(24)25/h3-9H,2,10H2,1H3,(H,19,22)(H,20,23). The zero-order valence-electron chi connectivity index (χ0n) is 13.8. The number of carbonyl (C=O) groups is 2. The lowest BCUT2D eigenvalue weighted by atomic mass is 10.2. The molecule has 0 saturated heterocycles. The van der Waals surface area contributed by atoms with Crippen LogP contribution in [-0.2, 0) is 11.2 Å². The van der Waals surface area contributed by atoms with E-state index >= 15 is 0 Å². The third-order valence-corrected chi connectivity index (χ3v) is 3.65. The van der Waals surface area contributed by atoms with Gasteiger partial charge in [0.2, 0.25) is 0 Å². The van der Waals surface area contributed by atoms with Crippen LogP contribution in [0.2, 0.25) is 5.02 Å². The fourth-order valence-corrected chi connectivity index (χ4v) is 2.21. The van der Waals surface area contributed by atoms with Gasteiger partial charge in [0.25, 0.3) is 17.5 Å². The maximum absolute atomic E-state index is 12.0. The van der Waals surface area contributed by atoms with E-state index in [0.29, 0.717) is 5.75 Å². The number of benzene rings is 2. The van der Waals surface area contributed by atoms with Crippen molar-refractivity contribution in [1.29, 1.82) is 0 Å². The van der Waals surface area contributed by atoms with Crippen LogP contribution < -0.4 is 15.6 Å². The molecule has 136 valence electrons. The minimum atomic E-state index is -0.839. The minimum absolute atomic E-state index is 0.125. The molecule has 26 heavy (non-hydrogen) atoms. The molecule has 0 unspecified atom stereocenters. The van der Waals surface area contributed by atoms with E-state index < -0.39 is 22.4 Å². The van der Waals surface area contributed by atoms with E-state index in [2.05, 4.69) is 10.9 Å². The predicted molar refractivity (Wildman–Crippen MR) is 95.0 cm³/mol. The van der Waals surface area contributed by atoms with Gasteiger partial charge < -0.3 is 4.74 Å². The van der Waals surface area contributed by atoms with Crippen molar-refractivity contribution in [3.05, 3.63) is 68.7 Å². The summed E-state index contributed by atoms with van der Waals surface area (Å²) >= 11 is 5.69. The average molecular weight is 378 g/mol. The smallest absolute Gasteiger partial charge is 0.283 e. The van der Waals surface area contributed by atoms with E-state index in [4.69, 9.17) is 16.3 Å². The monoisotopic (exact) mass is 377 g/mol. The second kappa shape index (κ2) is 8.82. The molecule has 2 aromatic carbocycles. The van der Waals surface area contributed by atoms with Crippen molar-refractivity contribution in [1.82, 2.24) is 10.9 Å². The van der Waals surface area contributed by atoms with Gasteiger partial charge in [0.05, 0.1) is 4.92 Å². The van der Waals surface area contributed by atoms with Crippen molar-refractivity contribution in [3.8, 4) is 5.75 Å². The number of hydrogen-bond acceptors (Lipinski definition) is 5. The Balaban J connectivity index is 1.88. The molecule has 2 aromatic rings. The Morgan fingerprint density at radius 2 is 1.85 bits per heavy atom. The maximum atomic E-state index is 12.0. The van der Waals surface area contributed by atoms with Gasteiger partial charge in [0.1, 0.15) is 11.3 Å². The highest BCUT2D eigenvalue weighted by Gasteiger charge is 2.20. The van der Waals surface area contributed by atoms with Gasteiger partial charge in [0, 0.05) is 11.1 Å². The lowest BCUT2D eigenvalue weighted by Gasteiger charge is -2.09. The van der Waals surface area contributed by atoms with Crippen molar-refractivity contribution < 1.29 is 19.2 Å². The Kier molecular flexibility index (Phi) is 6.51. The van der Waals surface area contributed by atoms with Crippen LogP contribution >= 0.6 is 11.6 Å². The molecule has 8 nitrogen and oxygen atoms in total. The van der Waals surface area contributed by atoms with Gasteiger partial charge in [-0.1, -0.05) is 30.7 Å². The van der Waals surface area contributed by atoms with Crippen molar-refractivity contribution in [2.75, 3.05) is 6.61 Å². The van der Waals surface area contributed by atoms with E-state index in [0.717, 1.165) is 18.1 Å². The molecule has 0 aromatic heterocycles. The lowest BCUT2D eigenvalue weighted by Crippen LogP contribution is -2.44. The number of hydrogen-bond donors (Lipinski definition) is 2. The van der Waals surface area contributed by atoms with Gasteiger partial charge in [-0.05, 0) is 36.2 Å². The molecule has 0 aliphatic rings. The second-order valence-corrected chi connectivity index (χ2v) is 5.64.